The van der Waals surface area contributed by atoms with E-state index in [1.807, 2.05) is 13.0 Å². The van der Waals surface area contributed by atoms with Gasteiger partial charge < -0.3 is 14.2 Å². The summed E-state index contributed by atoms with van der Waals surface area (Å²) in [5.41, 5.74) is 1.29. The fourth-order valence-corrected chi connectivity index (χ4v) is 2.35. The van der Waals surface area contributed by atoms with E-state index in [1.165, 1.54) is 0 Å². The molecule has 0 saturated carbocycles. The second-order valence-electron chi connectivity index (χ2n) is 4.85. The van der Waals surface area contributed by atoms with E-state index < -0.39 is 5.97 Å². The number of rotatable bonds is 7. The number of esters is 1. The van der Waals surface area contributed by atoms with Crippen molar-refractivity contribution >= 4 is 29.2 Å². The number of hydrogen-bond donors (Lipinski definition) is 0. The first-order chi connectivity index (χ1) is 11.5. The molecule has 2 aromatic rings. The molecule has 0 aliphatic carbocycles. The van der Waals surface area contributed by atoms with Gasteiger partial charge in [-0.2, -0.15) is 0 Å². The first-order valence-corrected chi connectivity index (χ1v) is 8.31. The molecule has 4 nitrogen and oxygen atoms in total. The summed E-state index contributed by atoms with van der Waals surface area (Å²) in [5.74, 6) is 0.633. The lowest BCUT2D eigenvalue weighted by Gasteiger charge is -2.13. The number of benzene rings is 2. The Bertz CT molecular complexity index is 716. The molecule has 0 atom stereocenters. The molecule has 0 unspecified atom stereocenters. The van der Waals surface area contributed by atoms with Crippen molar-refractivity contribution in [2.24, 2.45) is 0 Å². The Morgan fingerprint density at radius 3 is 2.38 bits per heavy atom. The van der Waals surface area contributed by atoms with Crippen LogP contribution in [0.5, 0.6) is 11.5 Å². The van der Waals surface area contributed by atoms with Gasteiger partial charge in [0.05, 0.1) is 28.8 Å². The van der Waals surface area contributed by atoms with Crippen LogP contribution in [0.3, 0.4) is 0 Å². The molecule has 0 radical (unpaired) electrons. The summed E-state index contributed by atoms with van der Waals surface area (Å²) in [6, 6.07) is 10.2. The van der Waals surface area contributed by atoms with E-state index in [-0.39, 0.29) is 0 Å². The van der Waals surface area contributed by atoms with Crippen molar-refractivity contribution in [1.82, 2.24) is 0 Å². The lowest BCUT2D eigenvalue weighted by atomic mass is 10.2. The quantitative estimate of drug-likeness (QED) is 0.634. The van der Waals surface area contributed by atoms with Crippen LogP contribution in [0.4, 0.5) is 0 Å². The first-order valence-electron chi connectivity index (χ1n) is 7.55. The van der Waals surface area contributed by atoms with Crippen LogP contribution in [0.2, 0.25) is 10.0 Å². The maximum absolute atomic E-state index is 11.8. The molecule has 128 valence electrons. The molecule has 0 aliphatic rings. The predicted molar refractivity (Wildman–Crippen MR) is 94.4 cm³/mol. The minimum atomic E-state index is -0.394. The molecule has 0 spiro atoms. The highest BCUT2D eigenvalue weighted by Gasteiger charge is 2.12. The standard InChI is InChI=1S/C18H18Cl2O4/c1-3-22-17-10-13(18(21)23-4-2)6-8-16(17)24-11-12-5-7-14(19)15(20)9-12/h5-10H,3-4,11H2,1-2H3. The lowest BCUT2D eigenvalue weighted by Crippen LogP contribution is -2.06. The van der Waals surface area contributed by atoms with Crippen molar-refractivity contribution in [2.75, 3.05) is 13.2 Å². The van der Waals surface area contributed by atoms with Gasteiger partial charge >= 0.3 is 5.97 Å². The van der Waals surface area contributed by atoms with Crippen molar-refractivity contribution in [2.45, 2.75) is 20.5 Å². The molecule has 24 heavy (non-hydrogen) atoms. The smallest absolute Gasteiger partial charge is 0.338 e. The van der Waals surface area contributed by atoms with E-state index in [0.717, 1.165) is 5.56 Å². The van der Waals surface area contributed by atoms with Gasteiger partial charge in [-0.3, -0.25) is 0 Å². The van der Waals surface area contributed by atoms with Gasteiger partial charge in [0, 0.05) is 0 Å². The summed E-state index contributed by atoms with van der Waals surface area (Å²) < 4.78 is 16.3. The number of hydrogen-bond acceptors (Lipinski definition) is 4. The second-order valence-corrected chi connectivity index (χ2v) is 5.67. The van der Waals surface area contributed by atoms with Crippen LogP contribution < -0.4 is 9.47 Å². The molecule has 0 amide bonds. The van der Waals surface area contributed by atoms with E-state index in [2.05, 4.69) is 0 Å². The topological polar surface area (TPSA) is 44.8 Å². The van der Waals surface area contributed by atoms with Gasteiger partial charge in [-0.05, 0) is 49.7 Å². The summed E-state index contributed by atoms with van der Waals surface area (Å²) in [6.45, 7) is 4.69. The number of carbonyl (C=O) groups is 1. The Balaban J connectivity index is 2.16. The van der Waals surface area contributed by atoms with E-state index in [1.54, 1.807) is 37.3 Å². The minimum absolute atomic E-state index is 0.301. The molecule has 0 aliphatic heterocycles. The minimum Gasteiger partial charge on any atom is -0.490 e. The summed E-state index contributed by atoms with van der Waals surface area (Å²) in [4.78, 5) is 11.8. The van der Waals surface area contributed by atoms with Crippen molar-refractivity contribution in [3.8, 4) is 11.5 Å². The van der Waals surface area contributed by atoms with Crippen molar-refractivity contribution < 1.29 is 19.0 Å². The predicted octanol–water partition coefficient (Wildman–Crippen LogP) is 5.15. The normalized spacial score (nSPS) is 10.3. The first kappa shape index (κ1) is 18.4. The van der Waals surface area contributed by atoms with Gasteiger partial charge in [-0.1, -0.05) is 29.3 Å². The van der Waals surface area contributed by atoms with Gasteiger partial charge in [-0.25, -0.2) is 4.79 Å². The molecule has 2 aromatic carbocycles. The van der Waals surface area contributed by atoms with E-state index in [9.17, 15) is 4.79 Å². The molecule has 0 aromatic heterocycles. The summed E-state index contributed by atoms with van der Waals surface area (Å²) in [7, 11) is 0. The monoisotopic (exact) mass is 368 g/mol. The number of halogens is 2. The molecule has 0 fully saturated rings. The van der Waals surface area contributed by atoms with Gasteiger partial charge in [-0.15, -0.1) is 0 Å². The Labute approximate surface area is 151 Å². The lowest BCUT2D eigenvalue weighted by molar-refractivity contribution is 0.0525. The molecular formula is C18H18Cl2O4. The molecule has 2 rings (SSSR count). The maximum atomic E-state index is 11.8. The van der Waals surface area contributed by atoms with Crippen LogP contribution in [-0.2, 0) is 11.3 Å². The summed E-state index contributed by atoms with van der Waals surface area (Å²) in [5, 5.41) is 0.967. The zero-order valence-corrected chi connectivity index (χ0v) is 15.0. The zero-order valence-electron chi connectivity index (χ0n) is 13.5. The second kappa shape index (κ2) is 8.81. The largest absolute Gasteiger partial charge is 0.490 e. The molecule has 6 heteroatoms. The fourth-order valence-electron chi connectivity index (χ4n) is 2.03. The fraction of sp³-hybridized carbons (Fsp3) is 0.278. The van der Waals surface area contributed by atoms with Crippen LogP contribution in [0.1, 0.15) is 29.8 Å². The van der Waals surface area contributed by atoms with Gasteiger partial charge in [0.1, 0.15) is 6.61 Å². The highest BCUT2D eigenvalue weighted by Crippen LogP contribution is 2.30. The maximum Gasteiger partial charge on any atom is 0.338 e. The molecular weight excluding hydrogens is 351 g/mol. The van der Waals surface area contributed by atoms with Crippen molar-refractivity contribution in [1.29, 1.82) is 0 Å². The van der Waals surface area contributed by atoms with Crippen LogP contribution >= 0.6 is 23.2 Å². The zero-order chi connectivity index (χ0) is 17.5. The summed E-state index contributed by atoms with van der Waals surface area (Å²) in [6.07, 6.45) is 0. The van der Waals surface area contributed by atoms with Gasteiger partial charge in [0.25, 0.3) is 0 Å². The third-order valence-corrected chi connectivity index (χ3v) is 3.87. The average Bonchev–Trinajstić information content (AvgIpc) is 2.57. The highest BCUT2D eigenvalue weighted by molar-refractivity contribution is 6.42. The molecule has 0 bridgehead atoms. The Hall–Kier alpha value is -1.91. The third-order valence-electron chi connectivity index (χ3n) is 3.13. The van der Waals surface area contributed by atoms with Crippen LogP contribution in [-0.4, -0.2) is 19.2 Å². The number of ether oxygens (including phenoxy) is 3. The molecule has 0 saturated heterocycles. The van der Waals surface area contributed by atoms with E-state index in [0.29, 0.717) is 46.9 Å². The SMILES string of the molecule is CCOC(=O)c1ccc(OCc2ccc(Cl)c(Cl)c2)c(OCC)c1. The van der Waals surface area contributed by atoms with E-state index in [4.69, 9.17) is 37.4 Å². The van der Waals surface area contributed by atoms with Gasteiger partial charge in [0.15, 0.2) is 11.5 Å². The van der Waals surface area contributed by atoms with Crippen LogP contribution in [0.15, 0.2) is 36.4 Å². The van der Waals surface area contributed by atoms with Crippen LogP contribution in [0, 0.1) is 0 Å². The average molecular weight is 369 g/mol. The Morgan fingerprint density at radius 1 is 0.917 bits per heavy atom. The summed E-state index contributed by atoms with van der Waals surface area (Å²) >= 11 is 11.9. The molecule has 0 N–H and O–H groups in total. The highest BCUT2D eigenvalue weighted by atomic mass is 35.5. The van der Waals surface area contributed by atoms with Gasteiger partial charge in [0.2, 0.25) is 0 Å². The van der Waals surface area contributed by atoms with E-state index >= 15 is 0 Å². The third kappa shape index (κ3) is 4.79. The van der Waals surface area contributed by atoms with Crippen molar-refractivity contribution in [3.05, 3.63) is 57.6 Å². The van der Waals surface area contributed by atoms with Crippen molar-refractivity contribution in [3.63, 3.8) is 0 Å². The molecule has 0 heterocycles. The Morgan fingerprint density at radius 2 is 1.71 bits per heavy atom. The number of carbonyl (C=O) groups excluding carboxylic acids is 1. The van der Waals surface area contributed by atoms with Crippen LogP contribution in [0.25, 0.3) is 0 Å². The Kier molecular flexibility index (Phi) is 6.76.